The molecule has 0 saturated heterocycles. The Bertz CT molecular complexity index is 340. The molecule has 0 aliphatic heterocycles. The summed E-state index contributed by atoms with van der Waals surface area (Å²) in [4.78, 5) is 0. The number of hydrogen-bond donors (Lipinski definition) is 1. The third-order valence-corrected chi connectivity index (χ3v) is 3.98. The summed E-state index contributed by atoms with van der Waals surface area (Å²) in [5.41, 5.74) is 7.30. The van der Waals surface area contributed by atoms with Crippen LogP contribution in [0, 0.1) is 63.0 Å². The summed E-state index contributed by atoms with van der Waals surface area (Å²) in [6, 6.07) is 10.4. The fraction of sp³-hybridized carbons (Fsp3) is 0.111. The summed E-state index contributed by atoms with van der Waals surface area (Å²) in [6.45, 7) is 0. The molecule has 0 aromatic heterocycles. The monoisotopic (exact) mass is 337 g/mol. The zero-order valence-electron chi connectivity index (χ0n) is 11.7. The Morgan fingerprint density at radius 2 is 1.33 bits per heavy atom. The number of hydrogen-bond acceptors (Lipinski definition) is 2. The first-order valence-electron chi connectivity index (χ1n) is 6.68. The van der Waals surface area contributed by atoms with Gasteiger partial charge in [-0.1, -0.05) is 30.3 Å². The molecule has 3 heteroatoms. The summed E-state index contributed by atoms with van der Waals surface area (Å²) in [5, 5.41) is 1.29. The molecular formula is C18H19FeNS+2. The molecule has 2 aliphatic rings. The third kappa shape index (κ3) is 7.74. The third-order valence-electron chi connectivity index (χ3n) is 2.84. The van der Waals surface area contributed by atoms with E-state index in [-0.39, 0.29) is 23.1 Å². The molecule has 1 aromatic carbocycles. The van der Waals surface area contributed by atoms with Crippen molar-refractivity contribution in [2.24, 2.45) is 5.73 Å². The van der Waals surface area contributed by atoms with Gasteiger partial charge in [-0.05, 0) is 63.4 Å². The minimum atomic E-state index is 0. The molecule has 1 nitrogen and oxygen atoms in total. The molecule has 2 saturated carbocycles. The van der Waals surface area contributed by atoms with E-state index < -0.39 is 0 Å². The number of nitrogens with two attached hydrogens (primary N) is 1. The van der Waals surface area contributed by atoms with Crippen LogP contribution in [0.2, 0.25) is 0 Å². The Labute approximate surface area is 145 Å². The second kappa shape index (κ2) is 11.6. The second-order valence-corrected chi connectivity index (χ2v) is 5.50. The van der Waals surface area contributed by atoms with Crippen LogP contribution in [0.3, 0.4) is 0 Å². The summed E-state index contributed by atoms with van der Waals surface area (Å²) in [7, 11) is 0. The maximum absolute atomic E-state index is 6.09. The van der Waals surface area contributed by atoms with Gasteiger partial charge in [0.25, 0.3) is 0 Å². The van der Waals surface area contributed by atoms with E-state index in [0.29, 0.717) is 0 Å². The van der Waals surface area contributed by atoms with Gasteiger partial charge in [0.05, 0.1) is 0 Å². The maximum Gasteiger partial charge on any atom is 2.00 e. The van der Waals surface area contributed by atoms with Gasteiger partial charge in [-0.15, -0.1) is 0 Å². The molecular weight excluding hydrogens is 318 g/mol. The summed E-state index contributed by atoms with van der Waals surface area (Å²) < 4.78 is 0. The Kier molecular flexibility index (Phi) is 10.5. The van der Waals surface area contributed by atoms with Crippen LogP contribution in [-0.4, -0.2) is 5.75 Å². The molecule has 0 unspecified atom stereocenters. The fourth-order valence-corrected chi connectivity index (χ4v) is 2.67. The fourth-order valence-electron chi connectivity index (χ4n) is 1.76. The quantitative estimate of drug-likeness (QED) is 0.846. The average Bonchev–Trinajstić information content (AvgIpc) is 3.21. The molecule has 3 rings (SSSR count). The number of rotatable bonds is 4. The van der Waals surface area contributed by atoms with Crippen molar-refractivity contribution in [1.82, 2.24) is 0 Å². The maximum atomic E-state index is 6.09. The van der Waals surface area contributed by atoms with E-state index in [1.165, 1.54) is 10.8 Å². The van der Waals surface area contributed by atoms with Crippen LogP contribution in [0.15, 0.2) is 30.3 Å². The van der Waals surface area contributed by atoms with Crippen molar-refractivity contribution in [3.63, 3.8) is 0 Å². The molecule has 0 heterocycles. The van der Waals surface area contributed by atoms with Gasteiger partial charge in [0.1, 0.15) is 0 Å². The molecule has 108 valence electrons. The van der Waals surface area contributed by atoms with Crippen LogP contribution in [-0.2, 0) is 17.1 Å². The molecule has 0 bridgehead atoms. The second-order valence-electron chi connectivity index (χ2n) is 4.41. The van der Waals surface area contributed by atoms with Crippen LogP contribution in [0.25, 0.3) is 0 Å². The minimum Gasteiger partial charge on any atom is -0.323 e. The predicted octanol–water partition coefficient (Wildman–Crippen LogP) is 3.80. The van der Waals surface area contributed by atoms with Gasteiger partial charge in [0.15, 0.2) is 0 Å². The van der Waals surface area contributed by atoms with E-state index in [1.54, 1.807) is 11.8 Å². The van der Waals surface area contributed by atoms with Gasteiger partial charge >= 0.3 is 17.1 Å². The Balaban J connectivity index is 0.000000313. The topological polar surface area (TPSA) is 26.0 Å². The van der Waals surface area contributed by atoms with Gasteiger partial charge in [-0.3, -0.25) is 0 Å². The van der Waals surface area contributed by atoms with Crippen LogP contribution in [0.5, 0.6) is 0 Å². The van der Waals surface area contributed by atoms with Gasteiger partial charge in [-0.25, -0.2) is 0 Å². The van der Waals surface area contributed by atoms with Gasteiger partial charge in [-0.2, -0.15) is 11.8 Å². The summed E-state index contributed by atoms with van der Waals surface area (Å²) >= 11 is 1.81. The van der Waals surface area contributed by atoms with Crippen molar-refractivity contribution < 1.29 is 17.1 Å². The van der Waals surface area contributed by atoms with Crippen LogP contribution in [0.1, 0.15) is 11.6 Å². The van der Waals surface area contributed by atoms with Crippen molar-refractivity contribution in [1.29, 1.82) is 0 Å². The van der Waals surface area contributed by atoms with E-state index in [9.17, 15) is 0 Å². The average molecular weight is 337 g/mol. The van der Waals surface area contributed by atoms with E-state index in [1.807, 2.05) is 50.3 Å². The molecule has 0 amide bonds. The Morgan fingerprint density at radius 1 is 0.810 bits per heavy atom. The zero-order valence-corrected chi connectivity index (χ0v) is 13.6. The van der Waals surface area contributed by atoms with Gasteiger partial charge in [0, 0.05) is 17.0 Å². The van der Waals surface area contributed by atoms with Crippen molar-refractivity contribution in [2.75, 3.05) is 5.75 Å². The number of benzene rings is 1. The van der Waals surface area contributed by atoms with E-state index >= 15 is 0 Å². The molecule has 21 heavy (non-hydrogen) atoms. The van der Waals surface area contributed by atoms with Gasteiger partial charge < -0.3 is 5.73 Å². The van der Waals surface area contributed by atoms with Crippen molar-refractivity contribution in [3.8, 4) is 0 Å². The predicted molar refractivity (Wildman–Crippen MR) is 87.8 cm³/mol. The van der Waals surface area contributed by atoms with Crippen LogP contribution >= 0.6 is 11.8 Å². The van der Waals surface area contributed by atoms with Crippen molar-refractivity contribution in [2.45, 2.75) is 6.04 Å². The SMILES string of the molecule is N[C@H](CS[C]1[CH][CH][CH][CH]1)c1ccccc1.[CH]1[CH][CH][CH][CH]1.[Fe+2]. The zero-order chi connectivity index (χ0) is 14.0. The molecule has 2 fully saturated rings. The van der Waals surface area contributed by atoms with Crippen LogP contribution < -0.4 is 5.73 Å². The molecule has 1 aromatic rings. The molecule has 0 spiro atoms. The Hall–Kier alpha value is 0.0495. The van der Waals surface area contributed by atoms with Crippen molar-refractivity contribution in [3.05, 3.63) is 98.9 Å². The van der Waals surface area contributed by atoms with Crippen LogP contribution in [0.4, 0.5) is 0 Å². The molecule has 10 radical (unpaired) electrons. The summed E-state index contributed by atoms with van der Waals surface area (Å²) in [6.07, 6.45) is 18.3. The largest absolute Gasteiger partial charge is 2.00 e. The summed E-state index contributed by atoms with van der Waals surface area (Å²) in [5.74, 6) is 0.925. The molecule has 1 atom stereocenters. The first kappa shape index (κ1) is 19.1. The molecule has 2 aliphatic carbocycles. The molecule has 2 N–H and O–H groups in total. The normalized spacial score (nSPS) is 19.5. The first-order chi connectivity index (χ1) is 9.86. The number of thioether (sulfide) groups is 1. The van der Waals surface area contributed by atoms with Gasteiger partial charge in [0.2, 0.25) is 0 Å². The Morgan fingerprint density at radius 3 is 1.86 bits per heavy atom. The van der Waals surface area contributed by atoms with E-state index in [0.717, 1.165) is 5.75 Å². The van der Waals surface area contributed by atoms with E-state index in [2.05, 4.69) is 37.8 Å². The first-order valence-corrected chi connectivity index (χ1v) is 7.66. The van der Waals surface area contributed by atoms with E-state index in [4.69, 9.17) is 5.73 Å². The van der Waals surface area contributed by atoms with Crippen molar-refractivity contribution >= 4 is 11.8 Å². The minimum absolute atomic E-state index is 0. The standard InChI is InChI=1S/C13H14NS.C5H5.Fe/c14-13(11-6-2-1-3-7-11)10-15-12-8-4-5-9-12;1-2-4-5-3-1;/h1-9,13H,10,14H2;1-5H;/q;;+2/t13-;;/m1../s1. The smallest absolute Gasteiger partial charge is 0.323 e.